The molecular weight excluding hydrogens is 206 g/mol. The smallest absolute Gasteiger partial charge is 0.0702 e. The van der Waals surface area contributed by atoms with Crippen LogP contribution in [-0.4, -0.2) is 4.98 Å². The number of fused-ring (bicyclic) bond motifs is 1. The molecule has 1 heterocycles. The Morgan fingerprint density at radius 2 is 2.12 bits per heavy atom. The van der Waals surface area contributed by atoms with Crippen LogP contribution in [-0.2, 0) is 0 Å². The lowest BCUT2D eigenvalue weighted by Crippen LogP contribution is -1.87. The van der Waals surface area contributed by atoms with Gasteiger partial charge in [0.05, 0.1) is 5.52 Å². The van der Waals surface area contributed by atoms with Crippen molar-refractivity contribution in [2.24, 2.45) is 0 Å². The highest BCUT2D eigenvalue weighted by molar-refractivity contribution is 5.80. The summed E-state index contributed by atoms with van der Waals surface area (Å²) in [5.74, 6) is 0. The lowest BCUT2D eigenvalue weighted by Gasteiger charge is -2.07. The van der Waals surface area contributed by atoms with E-state index in [2.05, 4.69) is 41.4 Å². The quantitative estimate of drug-likeness (QED) is 0.697. The molecule has 0 N–H and O–H groups in total. The van der Waals surface area contributed by atoms with Crippen molar-refractivity contribution >= 4 is 17.0 Å². The van der Waals surface area contributed by atoms with Gasteiger partial charge in [0.15, 0.2) is 0 Å². The second kappa shape index (κ2) is 4.54. The standard InChI is InChI=1S/C16H15N/c1-2-6-13(7-3-1)10-14-11-15-8-4-5-9-16(15)17-12-14/h2,4-6,8-12H,1,3,7H2/b13-10-. The molecule has 1 aromatic carbocycles. The van der Waals surface area contributed by atoms with E-state index in [0.29, 0.717) is 0 Å². The van der Waals surface area contributed by atoms with Crippen molar-refractivity contribution in [3.8, 4) is 0 Å². The van der Waals surface area contributed by atoms with Crippen molar-refractivity contribution in [3.63, 3.8) is 0 Å². The summed E-state index contributed by atoms with van der Waals surface area (Å²) in [5, 5.41) is 1.21. The van der Waals surface area contributed by atoms with E-state index in [1.807, 2.05) is 18.3 Å². The zero-order valence-corrected chi connectivity index (χ0v) is 9.76. The van der Waals surface area contributed by atoms with Crippen LogP contribution in [0.4, 0.5) is 0 Å². The molecule has 0 unspecified atom stereocenters. The van der Waals surface area contributed by atoms with Gasteiger partial charge in [-0.15, -0.1) is 0 Å². The highest BCUT2D eigenvalue weighted by Crippen LogP contribution is 2.20. The molecule has 0 spiro atoms. The molecule has 1 aliphatic carbocycles. The van der Waals surface area contributed by atoms with Gasteiger partial charge < -0.3 is 0 Å². The van der Waals surface area contributed by atoms with Crippen molar-refractivity contribution in [3.05, 3.63) is 59.8 Å². The van der Waals surface area contributed by atoms with Crippen molar-refractivity contribution in [2.45, 2.75) is 19.3 Å². The predicted octanol–water partition coefficient (Wildman–Crippen LogP) is 4.36. The van der Waals surface area contributed by atoms with Crippen molar-refractivity contribution < 1.29 is 0 Å². The topological polar surface area (TPSA) is 12.9 Å². The summed E-state index contributed by atoms with van der Waals surface area (Å²) in [7, 11) is 0. The molecule has 3 rings (SSSR count). The van der Waals surface area contributed by atoms with Gasteiger partial charge in [0, 0.05) is 11.6 Å². The van der Waals surface area contributed by atoms with Gasteiger partial charge in [-0.25, -0.2) is 0 Å². The maximum absolute atomic E-state index is 4.48. The molecule has 0 amide bonds. The molecule has 0 aliphatic heterocycles. The fraction of sp³-hybridized carbons (Fsp3) is 0.188. The summed E-state index contributed by atoms with van der Waals surface area (Å²) in [4.78, 5) is 4.48. The third kappa shape index (κ3) is 2.28. The van der Waals surface area contributed by atoms with E-state index < -0.39 is 0 Å². The Morgan fingerprint density at radius 1 is 1.18 bits per heavy atom. The Balaban J connectivity index is 2.00. The zero-order chi connectivity index (χ0) is 11.5. The Bertz CT molecular complexity index is 593. The first-order chi connectivity index (χ1) is 8.42. The first-order valence-corrected chi connectivity index (χ1v) is 6.14. The lowest BCUT2D eigenvalue weighted by molar-refractivity contribution is 0.825. The molecule has 0 saturated heterocycles. The van der Waals surface area contributed by atoms with E-state index in [1.165, 1.54) is 35.8 Å². The first kappa shape index (κ1) is 10.3. The summed E-state index contributed by atoms with van der Waals surface area (Å²) in [5.41, 5.74) is 3.67. The molecule has 1 aromatic heterocycles. The van der Waals surface area contributed by atoms with Crippen LogP contribution in [0.2, 0.25) is 0 Å². The summed E-state index contributed by atoms with van der Waals surface area (Å²) in [6.07, 6.45) is 12.4. The van der Waals surface area contributed by atoms with E-state index in [0.717, 1.165) is 5.52 Å². The molecule has 0 atom stereocenters. The van der Waals surface area contributed by atoms with Crippen molar-refractivity contribution in [1.82, 2.24) is 4.98 Å². The average Bonchev–Trinajstić information content (AvgIpc) is 2.40. The summed E-state index contributed by atoms with van der Waals surface area (Å²) >= 11 is 0. The van der Waals surface area contributed by atoms with E-state index in [9.17, 15) is 0 Å². The van der Waals surface area contributed by atoms with Gasteiger partial charge in [-0.2, -0.15) is 0 Å². The maximum atomic E-state index is 4.48. The molecule has 17 heavy (non-hydrogen) atoms. The zero-order valence-electron chi connectivity index (χ0n) is 9.76. The Hall–Kier alpha value is -1.89. The third-order valence-electron chi connectivity index (χ3n) is 3.13. The average molecular weight is 221 g/mol. The fourth-order valence-electron chi connectivity index (χ4n) is 2.24. The number of pyridine rings is 1. The number of hydrogen-bond donors (Lipinski definition) is 0. The molecule has 0 fully saturated rings. The predicted molar refractivity (Wildman–Crippen MR) is 72.7 cm³/mol. The monoisotopic (exact) mass is 221 g/mol. The second-order valence-electron chi connectivity index (χ2n) is 4.48. The van der Waals surface area contributed by atoms with Gasteiger partial charge in [-0.05, 0) is 42.5 Å². The molecule has 84 valence electrons. The molecule has 0 bridgehead atoms. The molecular formula is C16H15N. The molecule has 0 saturated carbocycles. The van der Waals surface area contributed by atoms with Crippen LogP contribution in [0, 0.1) is 0 Å². The van der Waals surface area contributed by atoms with Crippen LogP contribution < -0.4 is 0 Å². The van der Waals surface area contributed by atoms with Crippen molar-refractivity contribution in [1.29, 1.82) is 0 Å². The minimum absolute atomic E-state index is 1.06. The Morgan fingerprint density at radius 3 is 3.00 bits per heavy atom. The molecule has 1 aliphatic rings. The molecule has 1 heteroatoms. The highest BCUT2D eigenvalue weighted by Gasteiger charge is 2.00. The second-order valence-corrected chi connectivity index (χ2v) is 4.48. The van der Waals surface area contributed by atoms with Crippen LogP contribution in [0.25, 0.3) is 17.0 Å². The fourth-order valence-corrected chi connectivity index (χ4v) is 2.24. The summed E-state index contributed by atoms with van der Waals surface area (Å²) in [6, 6.07) is 10.4. The maximum Gasteiger partial charge on any atom is 0.0702 e. The van der Waals surface area contributed by atoms with Crippen LogP contribution >= 0.6 is 0 Å². The number of rotatable bonds is 1. The van der Waals surface area contributed by atoms with Gasteiger partial charge >= 0.3 is 0 Å². The van der Waals surface area contributed by atoms with E-state index in [-0.39, 0.29) is 0 Å². The van der Waals surface area contributed by atoms with Gasteiger partial charge in [0.1, 0.15) is 0 Å². The third-order valence-corrected chi connectivity index (χ3v) is 3.13. The number of nitrogens with zero attached hydrogens (tertiary/aromatic N) is 1. The number of para-hydroxylation sites is 1. The largest absolute Gasteiger partial charge is 0.256 e. The normalized spacial score (nSPS) is 17.8. The van der Waals surface area contributed by atoms with E-state index in [4.69, 9.17) is 0 Å². The summed E-state index contributed by atoms with van der Waals surface area (Å²) in [6.45, 7) is 0. The van der Waals surface area contributed by atoms with Gasteiger partial charge in [0.25, 0.3) is 0 Å². The molecule has 1 nitrogen and oxygen atoms in total. The van der Waals surface area contributed by atoms with Crippen LogP contribution in [0.15, 0.2) is 54.3 Å². The Labute approximate surface area is 102 Å². The van der Waals surface area contributed by atoms with Crippen molar-refractivity contribution in [2.75, 3.05) is 0 Å². The summed E-state index contributed by atoms with van der Waals surface area (Å²) < 4.78 is 0. The molecule has 0 radical (unpaired) electrons. The minimum Gasteiger partial charge on any atom is -0.256 e. The SMILES string of the molecule is C1=C/C(=C/c2cnc3ccccc3c2)CCC1. The highest BCUT2D eigenvalue weighted by atomic mass is 14.6. The van der Waals surface area contributed by atoms with Gasteiger partial charge in [-0.3, -0.25) is 4.98 Å². The number of aromatic nitrogens is 1. The first-order valence-electron chi connectivity index (χ1n) is 6.14. The lowest BCUT2D eigenvalue weighted by atomic mass is 10.00. The van der Waals surface area contributed by atoms with E-state index in [1.54, 1.807) is 0 Å². The van der Waals surface area contributed by atoms with Gasteiger partial charge in [-0.1, -0.05) is 36.4 Å². The van der Waals surface area contributed by atoms with Crippen LogP contribution in [0.5, 0.6) is 0 Å². The van der Waals surface area contributed by atoms with Gasteiger partial charge in [0.2, 0.25) is 0 Å². The Kier molecular flexibility index (Phi) is 2.74. The van der Waals surface area contributed by atoms with Crippen LogP contribution in [0.1, 0.15) is 24.8 Å². The van der Waals surface area contributed by atoms with E-state index >= 15 is 0 Å². The van der Waals surface area contributed by atoms with Crippen LogP contribution in [0.3, 0.4) is 0 Å². The number of hydrogen-bond acceptors (Lipinski definition) is 1. The number of benzene rings is 1. The number of allylic oxidation sites excluding steroid dienone is 3. The molecule has 2 aromatic rings. The minimum atomic E-state index is 1.06.